The fraction of sp³-hybridized carbons (Fsp3) is 0.407. The zero-order valence-electron chi connectivity index (χ0n) is 21.6. The molecule has 1 aliphatic heterocycles. The third-order valence-electron chi connectivity index (χ3n) is 6.06. The molecule has 1 fully saturated rings. The third kappa shape index (κ3) is 7.94. The molecule has 0 bridgehead atoms. The largest absolute Gasteiger partial charge is 0.497 e. The SMILES string of the molecule is COc1ccc(CC(NC(=O)OCc2ccccc2)C(=O)N2CCN(OC(C)=O)C(=O)C2CCCN)cc1. The Morgan fingerprint density at radius 1 is 1.05 bits per heavy atom. The van der Waals surface area contributed by atoms with Gasteiger partial charge in [-0.1, -0.05) is 42.5 Å². The predicted octanol–water partition coefficient (Wildman–Crippen LogP) is 1.79. The minimum atomic E-state index is -1.01. The van der Waals surface area contributed by atoms with Gasteiger partial charge >= 0.3 is 12.1 Å². The molecule has 3 rings (SSSR count). The standard InChI is InChI=1S/C27H34N4O7/c1-19(32)38-31-16-15-30(24(26(31)34)9-6-14-28)25(33)23(17-20-10-12-22(36-2)13-11-20)29-27(35)37-18-21-7-4-3-5-8-21/h3-5,7-8,10-13,23-24H,6,9,14-18,28H2,1-2H3,(H,29,35). The number of nitrogens with one attached hydrogen (secondary N) is 1. The first-order valence-corrected chi connectivity index (χ1v) is 12.4. The number of benzene rings is 2. The molecule has 1 heterocycles. The molecule has 0 radical (unpaired) electrons. The molecule has 0 spiro atoms. The second-order valence-electron chi connectivity index (χ2n) is 8.81. The van der Waals surface area contributed by atoms with E-state index in [2.05, 4.69) is 5.32 Å². The number of carbonyl (C=O) groups is 4. The van der Waals surface area contributed by atoms with Crippen molar-refractivity contribution in [3.8, 4) is 5.75 Å². The molecular formula is C27H34N4O7. The molecule has 204 valence electrons. The van der Waals surface area contributed by atoms with Crippen LogP contribution in [-0.4, -0.2) is 72.7 Å². The van der Waals surface area contributed by atoms with E-state index < -0.39 is 36.0 Å². The summed E-state index contributed by atoms with van der Waals surface area (Å²) in [6.45, 7) is 1.69. The van der Waals surface area contributed by atoms with Crippen molar-refractivity contribution in [1.82, 2.24) is 15.3 Å². The molecule has 38 heavy (non-hydrogen) atoms. The number of nitrogens with zero attached hydrogens (tertiary/aromatic N) is 2. The Balaban J connectivity index is 1.80. The summed E-state index contributed by atoms with van der Waals surface area (Å²) in [5, 5.41) is 3.66. The molecule has 3 amide bonds. The minimum Gasteiger partial charge on any atom is -0.497 e. The van der Waals surface area contributed by atoms with Crippen molar-refractivity contribution in [2.45, 2.75) is 44.9 Å². The Bertz CT molecular complexity index is 1090. The molecule has 2 atom stereocenters. The molecule has 3 N–H and O–H groups in total. The summed E-state index contributed by atoms with van der Waals surface area (Å²) in [5.41, 5.74) is 7.24. The molecule has 1 aliphatic rings. The van der Waals surface area contributed by atoms with Gasteiger partial charge in [-0.05, 0) is 42.6 Å². The fourth-order valence-electron chi connectivity index (χ4n) is 4.17. The van der Waals surface area contributed by atoms with Gasteiger partial charge in [0.15, 0.2) is 0 Å². The number of piperazine rings is 1. The second kappa shape index (κ2) is 14.0. The average Bonchev–Trinajstić information content (AvgIpc) is 2.92. The van der Waals surface area contributed by atoms with Crippen LogP contribution in [-0.2, 0) is 37.0 Å². The van der Waals surface area contributed by atoms with Crippen molar-refractivity contribution in [1.29, 1.82) is 0 Å². The summed E-state index contributed by atoms with van der Waals surface area (Å²) in [4.78, 5) is 57.5. The van der Waals surface area contributed by atoms with Gasteiger partial charge in [0.25, 0.3) is 5.91 Å². The van der Waals surface area contributed by atoms with Crippen LogP contribution in [0.15, 0.2) is 54.6 Å². The summed E-state index contributed by atoms with van der Waals surface area (Å²) >= 11 is 0. The van der Waals surface area contributed by atoms with Gasteiger partial charge in [-0.25, -0.2) is 4.79 Å². The lowest BCUT2D eigenvalue weighted by atomic mass is 10.0. The van der Waals surface area contributed by atoms with Crippen molar-refractivity contribution < 1.29 is 33.5 Å². The number of alkyl carbamates (subject to hydrolysis) is 1. The number of hydrogen-bond donors (Lipinski definition) is 2. The molecule has 0 aliphatic carbocycles. The summed E-state index contributed by atoms with van der Waals surface area (Å²) in [6.07, 6.45) is 0.158. The highest BCUT2D eigenvalue weighted by atomic mass is 16.7. The summed E-state index contributed by atoms with van der Waals surface area (Å²) in [7, 11) is 1.56. The van der Waals surface area contributed by atoms with Crippen LogP contribution in [0.3, 0.4) is 0 Å². The number of ether oxygens (including phenoxy) is 2. The van der Waals surface area contributed by atoms with Crippen molar-refractivity contribution in [2.24, 2.45) is 5.73 Å². The van der Waals surface area contributed by atoms with Crippen molar-refractivity contribution in [2.75, 3.05) is 26.7 Å². The number of methoxy groups -OCH3 is 1. The number of amides is 3. The smallest absolute Gasteiger partial charge is 0.408 e. The molecule has 0 aromatic heterocycles. The number of carbonyl (C=O) groups excluding carboxylic acids is 4. The number of hydrogen-bond acceptors (Lipinski definition) is 8. The highest BCUT2D eigenvalue weighted by molar-refractivity contribution is 5.92. The van der Waals surface area contributed by atoms with Crippen LogP contribution in [0.4, 0.5) is 4.79 Å². The summed E-state index contributed by atoms with van der Waals surface area (Å²) < 4.78 is 10.6. The van der Waals surface area contributed by atoms with Crippen LogP contribution in [0.25, 0.3) is 0 Å². The van der Waals surface area contributed by atoms with Gasteiger partial charge in [-0.2, -0.15) is 5.06 Å². The minimum absolute atomic E-state index is 0.0109. The molecule has 2 unspecified atom stereocenters. The Morgan fingerprint density at radius 3 is 2.39 bits per heavy atom. The van der Waals surface area contributed by atoms with Crippen molar-refractivity contribution >= 4 is 23.9 Å². The van der Waals surface area contributed by atoms with Crippen LogP contribution in [0.1, 0.15) is 30.9 Å². The van der Waals surface area contributed by atoms with E-state index in [1.807, 2.05) is 30.3 Å². The molecule has 11 heteroatoms. The first-order chi connectivity index (χ1) is 18.3. The maximum atomic E-state index is 13.8. The highest BCUT2D eigenvalue weighted by Crippen LogP contribution is 2.20. The Hall–Kier alpha value is -4.12. The van der Waals surface area contributed by atoms with Gasteiger partial charge in [0.2, 0.25) is 5.91 Å². The zero-order valence-corrected chi connectivity index (χ0v) is 21.6. The summed E-state index contributed by atoms with van der Waals surface area (Å²) in [6, 6.07) is 14.4. The van der Waals surface area contributed by atoms with E-state index in [0.29, 0.717) is 18.7 Å². The van der Waals surface area contributed by atoms with Crippen molar-refractivity contribution in [3.05, 3.63) is 65.7 Å². The quantitative estimate of drug-likeness (QED) is 0.452. The molecule has 11 nitrogen and oxygen atoms in total. The zero-order chi connectivity index (χ0) is 27.5. The summed E-state index contributed by atoms with van der Waals surface area (Å²) in [5.74, 6) is -0.935. The van der Waals surface area contributed by atoms with E-state index in [1.165, 1.54) is 11.8 Å². The van der Waals surface area contributed by atoms with Crippen LogP contribution < -0.4 is 15.8 Å². The van der Waals surface area contributed by atoms with Gasteiger partial charge in [0, 0.05) is 19.9 Å². The van der Waals surface area contributed by atoms with E-state index in [4.69, 9.17) is 20.0 Å². The van der Waals surface area contributed by atoms with Gasteiger partial charge in [0.05, 0.1) is 13.7 Å². The normalized spacial score (nSPS) is 16.0. The maximum Gasteiger partial charge on any atom is 0.408 e. The third-order valence-corrected chi connectivity index (χ3v) is 6.06. The number of nitrogens with two attached hydrogens (primary N) is 1. The lowest BCUT2D eigenvalue weighted by molar-refractivity contribution is -0.207. The van der Waals surface area contributed by atoms with Gasteiger partial charge in [0.1, 0.15) is 24.4 Å². The lowest BCUT2D eigenvalue weighted by Crippen LogP contribution is -2.62. The molecule has 2 aromatic carbocycles. The Morgan fingerprint density at radius 2 is 1.76 bits per heavy atom. The molecular weight excluding hydrogens is 492 g/mol. The van der Waals surface area contributed by atoms with Crippen LogP contribution >= 0.6 is 0 Å². The van der Waals surface area contributed by atoms with Crippen LogP contribution in [0, 0.1) is 0 Å². The first-order valence-electron chi connectivity index (χ1n) is 12.4. The number of rotatable bonds is 11. The molecule has 1 saturated heterocycles. The Labute approximate surface area is 221 Å². The first kappa shape index (κ1) is 28.5. The molecule has 0 saturated carbocycles. The Kier molecular flexibility index (Phi) is 10.5. The van der Waals surface area contributed by atoms with Gasteiger partial charge in [-0.15, -0.1) is 0 Å². The fourth-order valence-corrected chi connectivity index (χ4v) is 4.17. The average molecular weight is 527 g/mol. The van der Waals surface area contributed by atoms with E-state index in [-0.39, 0.29) is 32.5 Å². The van der Waals surface area contributed by atoms with Crippen molar-refractivity contribution in [3.63, 3.8) is 0 Å². The van der Waals surface area contributed by atoms with Gasteiger partial charge < -0.3 is 30.3 Å². The highest BCUT2D eigenvalue weighted by Gasteiger charge is 2.41. The monoisotopic (exact) mass is 526 g/mol. The van der Waals surface area contributed by atoms with E-state index in [9.17, 15) is 19.2 Å². The van der Waals surface area contributed by atoms with Gasteiger partial charge in [-0.3, -0.25) is 14.4 Å². The van der Waals surface area contributed by atoms with E-state index in [0.717, 1.165) is 16.2 Å². The number of hydroxylamine groups is 2. The lowest BCUT2D eigenvalue weighted by Gasteiger charge is -2.40. The van der Waals surface area contributed by atoms with E-state index in [1.54, 1.807) is 31.4 Å². The second-order valence-corrected chi connectivity index (χ2v) is 8.81. The van der Waals surface area contributed by atoms with Crippen LogP contribution in [0.5, 0.6) is 5.75 Å². The predicted molar refractivity (Wildman–Crippen MR) is 138 cm³/mol. The maximum absolute atomic E-state index is 13.8. The molecule has 2 aromatic rings. The van der Waals surface area contributed by atoms with Crippen LogP contribution in [0.2, 0.25) is 0 Å². The topological polar surface area (TPSA) is 140 Å². The van der Waals surface area contributed by atoms with E-state index >= 15 is 0 Å².